The predicted molar refractivity (Wildman–Crippen MR) is 104 cm³/mol. The molecule has 7 nitrogen and oxygen atoms in total. The van der Waals surface area contributed by atoms with Gasteiger partial charge in [0.15, 0.2) is 5.92 Å². The van der Waals surface area contributed by atoms with Crippen LogP contribution in [0.3, 0.4) is 0 Å². The number of halogens is 1. The quantitative estimate of drug-likeness (QED) is 0.584. The van der Waals surface area contributed by atoms with Gasteiger partial charge in [-0.25, -0.2) is 9.69 Å². The summed E-state index contributed by atoms with van der Waals surface area (Å²) < 4.78 is 6.06. The molecule has 8 heteroatoms. The van der Waals surface area contributed by atoms with Crippen LogP contribution < -0.4 is 15.0 Å². The first-order valence-electron chi connectivity index (χ1n) is 8.07. The number of carbonyl (C=O) groups is 3. The molecule has 0 saturated carbocycles. The van der Waals surface area contributed by atoms with Crippen molar-refractivity contribution in [1.82, 2.24) is 5.32 Å². The average Bonchev–Trinajstić information content (AvgIpc) is 2.66. The standard InChI is InChI=1S/C19H16BrN3O4/c1-27-16-5-3-2-4-12(16)10-21-11-15-17(24)22-19(26)23(18(15)25)14-8-6-13(20)7-9-14/h2-9,11,15H,10H2,1H3,(H,22,24,26)/t15-/m0/s1. The topological polar surface area (TPSA) is 88.1 Å². The number of aliphatic imine (C=N–C) groups is 1. The second-order valence-corrected chi connectivity index (χ2v) is 6.64. The molecule has 1 aliphatic heterocycles. The van der Waals surface area contributed by atoms with Crippen molar-refractivity contribution in [2.45, 2.75) is 6.54 Å². The summed E-state index contributed by atoms with van der Waals surface area (Å²) in [6.45, 7) is 0.243. The Labute approximate surface area is 164 Å². The van der Waals surface area contributed by atoms with E-state index in [4.69, 9.17) is 4.74 Å². The third-order valence-corrected chi connectivity index (χ3v) is 4.52. The summed E-state index contributed by atoms with van der Waals surface area (Å²) in [6, 6.07) is 13.2. The molecule has 0 bridgehead atoms. The molecule has 1 atom stereocenters. The third-order valence-electron chi connectivity index (χ3n) is 4.00. The minimum atomic E-state index is -1.18. The highest BCUT2D eigenvalue weighted by Gasteiger charge is 2.40. The van der Waals surface area contributed by atoms with Crippen LogP contribution in [-0.2, 0) is 16.1 Å². The molecule has 1 N–H and O–H groups in total. The summed E-state index contributed by atoms with van der Waals surface area (Å²) in [5.74, 6) is -1.85. The highest BCUT2D eigenvalue weighted by molar-refractivity contribution is 9.10. The van der Waals surface area contributed by atoms with Crippen LogP contribution >= 0.6 is 15.9 Å². The van der Waals surface area contributed by atoms with Crippen molar-refractivity contribution in [3.8, 4) is 5.75 Å². The van der Waals surface area contributed by atoms with E-state index < -0.39 is 23.8 Å². The fraction of sp³-hybridized carbons (Fsp3) is 0.158. The molecule has 2 aromatic rings. The monoisotopic (exact) mass is 429 g/mol. The molecule has 27 heavy (non-hydrogen) atoms. The fourth-order valence-corrected chi connectivity index (χ4v) is 2.91. The Balaban J connectivity index is 1.80. The lowest BCUT2D eigenvalue weighted by atomic mass is 10.1. The first kappa shape index (κ1) is 18.8. The van der Waals surface area contributed by atoms with Gasteiger partial charge in [0.1, 0.15) is 5.75 Å². The molecule has 0 unspecified atom stereocenters. The lowest BCUT2D eigenvalue weighted by Crippen LogP contribution is -2.58. The van der Waals surface area contributed by atoms with E-state index in [9.17, 15) is 14.4 Å². The van der Waals surface area contributed by atoms with Gasteiger partial charge in [-0.2, -0.15) is 0 Å². The molecule has 1 heterocycles. The number of carbonyl (C=O) groups excluding carboxylic acids is 3. The molecule has 0 spiro atoms. The van der Waals surface area contributed by atoms with Crippen LogP contribution in [0.15, 0.2) is 58.0 Å². The molecule has 2 aromatic carbocycles. The van der Waals surface area contributed by atoms with Gasteiger partial charge in [0.25, 0.3) is 5.91 Å². The highest BCUT2D eigenvalue weighted by Crippen LogP contribution is 2.23. The number of imide groups is 2. The highest BCUT2D eigenvalue weighted by atomic mass is 79.9. The Morgan fingerprint density at radius 1 is 1.15 bits per heavy atom. The van der Waals surface area contributed by atoms with Gasteiger partial charge in [0.05, 0.1) is 19.3 Å². The number of methoxy groups -OCH3 is 1. The van der Waals surface area contributed by atoms with Gasteiger partial charge in [-0.15, -0.1) is 0 Å². The van der Waals surface area contributed by atoms with E-state index >= 15 is 0 Å². The number of urea groups is 1. The zero-order valence-electron chi connectivity index (χ0n) is 14.4. The van der Waals surface area contributed by atoms with Crippen LogP contribution in [0.2, 0.25) is 0 Å². The molecule has 3 rings (SSSR count). The van der Waals surface area contributed by atoms with Crippen molar-refractivity contribution in [3.05, 3.63) is 58.6 Å². The van der Waals surface area contributed by atoms with E-state index in [-0.39, 0.29) is 6.54 Å². The maximum Gasteiger partial charge on any atom is 0.335 e. The largest absolute Gasteiger partial charge is 0.496 e. The molecule has 0 aliphatic carbocycles. The summed E-state index contributed by atoms with van der Waals surface area (Å²) in [6.07, 6.45) is 1.27. The zero-order chi connectivity index (χ0) is 19.4. The number of amides is 4. The minimum absolute atomic E-state index is 0.243. The Morgan fingerprint density at radius 2 is 1.85 bits per heavy atom. The Hall–Kier alpha value is -3.00. The van der Waals surface area contributed by atoms with E-state index in [1.807, 2.05) is 18.2 Å². The second-order valence-electron chi connectivity index (χ2n) is 5.72. The van der Waals surface area contributed by atoms with Crippen molar-refractivity contribution >= 4 is 45.7 Å². The number of nitrogens with one attached hydrogen (secondary N) is 1. The van der Waals surface area contributed by atoms with Crippen molar-refractivity contribution in [1.29, 1.82) is 0 Å². The molecule has 1 aliphatic rings. The second kappa shape index (κ2) is 8.13. The molecule has 1 saturated heterocycles. The minimum Gasteiger partial charge on any atom is -0.496 e. The number of rotatable bonds is 5. The Morgan fingerprint density at radius 3 is 2.56 bits per heavy atom. The predicted octanol–water partition coefficient (Wildman–Crippen LogP) is 2.93. The van der Waals surface area contributed by atoms with Gasteiger partial charge < -0.3 is 4.74 Å². The van der Waals surface area contributed by atoms with E-state index in [0.717, 1.165) is 14.9 Å². The first-order chi connectivity index (χ1) is 13.0. The third kappa shape index (κ3) is 4.06. The van der Waals surface area contributed by atoms with Gasteiger partial charge in [-0.1, -0.05) is 34.1 Å². The summed E-state index contributed by atoms with van der Waals surface area (Å²) in [7, 11) is 1.56. The van der Waals surface area contributed by atoms with Gasteiger partial charge in [0.2, 0.25) is 5.91 Å². The van der Waals surface area contributed by atoms with Crippen LogP contribution in [0.5, 0.6) is 5.75 Å². The molecule has 4 amide bonds. The molecular weight excluding hydrogens is 414 g/mol. The smallest absolute Gasteiger partial charge is 0.335 e. The Bertz CT molecular complexity index is 911. The summed E-state index contributed by atoms with van der Waals surface area (Å²) in [5, 5.41) is 2.19. The molecule has 0 radical (unpaired) electrons. The van der Waals surface area contributed by atoms with Crippen molar-refractivity contribution in [3.63, 3.8) is 0 Å². The van der Waals surface area contributed by atoms with E-state index in [1.165, 1.54) is 6.21 Å². The normalized spacial score (nSPS) is 17.3. The SMILES string of the molecule is COc1ccccc1CN=C[C@H]1C(=O)NC(=O)N(c2ccc(Br)cc2)C1=O. The van der Waals surface area contributed by atoms with Crippen molar-refractivity contribution in [2.75, 3.05) is 12.0 Å². The summed E-state index contributed by atoms with van der Waals surface area (Å²) in [5.41, 5.74) is 1.19. The number of hydrogen-bond donors (Lipinski definition) is 1. The van der Waals surface area contributed by atoms with E-state index in [2.05, 4.69) is 26.2 Å². The van der Waals surface area contributed by atoms with E-state index in [0.29, 0.717) is 11.4 Å². The van der Waals surface area contributed by atoms with Gasteiger partial charge in [0, 0.05) is 16.3 Å². The van der Waals surface area contributed by atoms with E-state index in [1.54, 1.807) is 37.4 Å². The number of nitrogens with zero attached hydrogens (tertiary/aromatic N) is 2. The molecule has 138 valence electrons. The first-order valence-corrected chi connectivity index (χ1v) is 8.86. The number of anilines is 1. The maximum absolute atomic E-state index is 12.7. The number of ether oxygens (including phenoxy) is 1. The van der Waals surface area contributed by atoms with Gasteiger partial charge in [-0.3, -0.25) is 19.9 Å². The zero-order valence-corrected chi connectivity index (χ0v) is 16.0. The lowest BCUT2D eigenvalue weighted by molar-refractivity contribution is -0.131. The van der Waals surface area contributed by atoms with Crippen molar-refractivity contribution in [2.24, 2.45) is 10.9 Å². The summed E-state index contributed by atoms with van der Waals surface area (Å²) in [4.78, 5) is 42.1. The fourth-order valence-electron chi connectivity index (χ4n) is 2.65. The molecule has 0 aromatic heterocycles. The Kier molecular flexibility index (Phi) is 5.66. The van der Waals surface area contributed by atoms with Crippen LogP contribution in [0.25, 0.3) is 0 Å². The number of barbiturate groups is 1. The number of para-hydroxylation sites is 1. The van der Waals surface area contributed by atoms with Gasteiger partial charge >= 0.3 is 6.03 Å². The van der Waals surface area contributed by atoms with Crippen LogP contribution in [0.1, 0.15) is 5.56 Å². The van der Waals surface area contributed by atoms with Crippen LogP contribution in [0.4, 0.5) is 10.5 Å². The van der Waals surface area contributed by atoms with Crippen LogP contribution in [-0.4, -0.2) is 31.2 Å². The lowest BCUT2D eigenvalue weighted by Gasteiger charge is -2.28. The molecular formula is C19H16BrN3O4. The van der Waals surface area contributed by atoms with Crippen molar-refractivity contribution < 1.29 is 19.1 Å². The summed E-state index contributed by atoms with van der Waals surface area (Å²) >= 11 is 3.30. The van der Waals surface area contributed by atoms with Crippen LogP contribution in [0, 0.1) is 5.92 Å². The van der Waals surface area contributed by atoms with Gasteiger partial charge in [-0.05, 0) is 30.3 Å². The molecule has 1 fully saturated rings. The average molecular weight is 430 g/mol. The number of hydrogen-bond acceptors (Lipinski definition) is 5. The number of benzene rings is 2. The maximum atomic E-state index is 12.7.